The van der Waals surface area contributed by atoms with E-state index >= 15 is 0 Å². The van der Waals surface area contributed by atoms with Crippen LogP contribution < -0.4 is 5.56 Å². The van der Waals surface area contributed by atoms with Gasteiger partial charge in [0.2, 0.25) is 0 Å². The van der Waals surface area contributed by atoms with Crippen molar-refractivity contribution in [2.24, 2.45) is 5.41 Å². The van der Waals surface area contributed by atoms with Crippen molar-refractivity contribution in [2.45, 2.75) is 26.2 Å². The Labute approximate surface area is 121 Å². The van der Waals surface area contributed by atoms with Crippen LogP contribution in [0.2, 0.25) is 0 Å². The minimum atomic E-state index is -0.933. The first-order valence-corrected chi connectivity index (χ1v) is 6.84. The summed E-state index contributed by atoms with van der Waals surface area (Å²) in [5.74, 6) is -1.73. The number of aliphatic carboxylic acids is 1. The van der Waals surface area contributed by atoms with E-state index in [0.29, 0.717) is 25.8 Å². The Kier molecular flexibility index (Phi) is 4.02. The third-order valence-corrected chi connectivity index (χ3v) is 4.07. The van der Waals surface area contributed by atoms with Gasteiger partial charge < -0.3 is 15.1 Å². The molecule has 0 spiro atoms. The lowest BCUT2D eigenvalue weighted by Crippen LogP contribution is -2.49. The van der Waals surface area contributed by atoms with E-state index in [2.05, 4.69) is 4.98 Å². The summed E-state index contributed by atoms with van der Waals surface area (Å²) in [6.07, 6.45) is 1.57. The SMILES string of the molecule is CCC1(C(=O)O)CCCN(C(=O)c2cc(O)[nH]c(=O)c2)C1. The first-order valence-electron chi connectivity index (χ1n) is 6.84. The fourth-order valence-electron chi connectivity index (χ4n) is 2.75. The van der Waals surface area contributed by atoms with Gasteiger partial charge in [-0.05, 0) is 19.3 Å². The maximum Gasteiger partial charge on any atom is 0.311 e. The summed E-state index contributed by atoms with van der Waals surface area (Å²) in [4.78, 5) is 38.8. The minimum Gasteiger partial charge on any atom is -0.494 e. The lowest BCUT2D eigenvalue weighted by Gasteiger charge is -2.39. The second kappa shape index (κ2) is 5.59. The van der Waals surface area contributed by atoms with Crippen molar-refractivity contribution in [3.63, 3.8) is 0 Å². The molecule has 1 unspecified atom stereocenters. The quantitative estimate of drug-likeness (QED) is 0.763. The molecule has 7 heteroatoms. The minimum absolute atomic E-state index is 0.0635. The van der Waals surface area contributed by atoms with Crippen molar-refractivity contribution in [3.8, 4) is 5.88 Å². The van der Waals surface area contributed by atoms with Crippen molar-refractivity contribution in [2.75, 3.05) is 13.1 Å². The first kappa shape index (κ1) is 15.1. The molecule has 2 heterocycles. The van der Waals surface area contributed by atoms with Gasteiger partial charge in [0.15, 0.2) is 5.88 Å². The van der Waals surface area contributed by atoms with Crippen LogP contribution in [-0.4, -0.2) is 45.1 Å². The highest BCUT2D eigenvalue weighted by Crippen LogP contribution is 2.34. The van der Waals surface area contributed by atoms with Gasteiger partial charge in [-0.1, -0.05) is 6.92 Å². The number of hydrogen-bond donors (Lipinski definition) is 3. The zero-order valence-corrected chi connectivity index (χ0v) is 11.8. The molecule has 0 radical (unpaired) electrons. The highest BCUT2D eigenvalue weighted by atomic mass is 16.4. The maximum atomic E-state index is 12.4. The van der Waals surface area contributed by atoms with Crippen LogP contribution in [0.25, 0.3) is 0 Å². The molecule has 0 aliphatic carbocycles. The number of hydrogen-bond acceptors (Lipinski definition) is 4. The van der Waals surface area contributed by atoms with E-state index < -0.39 is 22.9 Å². The van der Waals surface area contributed by atoms with Gasteiger partial charge in [0.1, 0.15) is 0 Å². The van der Waals surface area contributed by atoms with E-state index in [9.17, 15) is 24.6 Å². The molecule has 0 aromatic carbocycles. The predicted molar refractivity (Wildman–Crippen MR) is 74.2 cm³/mol. The maximum absolute atomic E-state index is 12.4. The number of amides is 1. The van der Waals surface area contributed by atoms with Crippen molar-refractivity contribution >= 4 is 11.9 Å². The zero-order valence-electron chi connectivity index (χ0n) is 11.8. The van der Waals surface area contributed by atoms with Crippen LogP contribution in [-0.2, 0) is 4.79 Å². The molecular weight excluding hydrogens is 276 g/mol. The summed E-state index contributed by atoms with van der Waals surface area (Å²) >= 11 is 0. The standard InChI is InChI=1S/C14H18N2O5/c1-2-14(13(20)21)4-3-5-16(8-14)12(19)9-6-10(17)15-11(18)7-9/h6-7H,2-5,8H2,1H3,(H,20,21)(H2,15,17,18). The van der Waals surface area contributed by atoms with Crippen molar-refractivity contribution in [1.82, 2.24) is 9.88 Å². The average Bonchev–Trinajstić information content (AvgIpc) is 2.45. The average molecular weight is 294 g/mol. The molecular formula is C14H18N2O5. The molecule has 1 atom stereocenters. The Bertz CT molecular complexity index is 624. The van der Waals surface area contributed by atoms with E-state index in [1.165, 1.54) is 11.0 Å². The summed E-state index contributed by atoms with van der Waals surface area (Å²) in [6, 6.07) is 2.28. The Morgan fingerprint density at radius 1 is 1.43 bits per heavy atom. The third-order valence-electron chi connectivity index (χ3n) is 4.07. The topological polar surface area (TPSA) is 111 Å². The van der Waals surface area contributed by atoms with E-state index in [1.54, 1.807) is 6.92 Å². The number of likely N-dealkylation sites (tertiary alicyclic amines) is 1. The third kappa shape index (κ3) is 2.91. The van der Waals surface area contributed by atoms with Crippen LogP contribution in [0.4, 0.5) is 0 Å². The van der Waals surface area contributed by atoms with Crippen LogP contribution in [0, 0.1) is 5.41 Å². The molecule has 1 amide bonds. The Hall–Kier alpha value is -2.31. The van der Waals surface area contributed by atoms with Gasteiger partial charge in [-0.2, -0.15) is 0 Å². The van der Waals surface area contributed by atoms with E-state index in [1.807, 2.05) is 0 Å². The molecule has 1 aliphatic heterocycles. The summed E-state index contributed by atoms with van der Waals surface area (Å²) in [5, 5.41) is 18.8. The van der Waals surface area contributed by atoms with Crippen molar-refractivity contribution < 1.29 is 19.8 Å². The molecule has 1 aromatic heterocycles. The lowest BCUT2D eigenvalue weighted by molar-refractivity contribution is -0.152. The molecule has 0 bridgehead atoms. The van der Waals surface area contributed by atoms with Gasteiger partial charge in [0, 0.05) is 25.2 Å². The monoisotopic (exact) mass is 294 g/mol. The highest BCUT2D eigenvalue weighted by molar-refractivity contribution is 5.95. The summed E-state index contributed by atoms with van der Waals surface area (Å²) in [7, 11) is 0. The van der Waals surface area contributed by atoms with Gasteiger partial charge in [-0.3, -0.25) is 19.4 Å². The van der Waals surface area contributed by atoms with Crippen LogP contribution in [0.5, 0.6) is 5.88 Å². The van der Waals surface area contributed by atoms with Crippen LogP contribution in [0.15, 0.2) is 16.9 Å². The van der Waals surface area contributed by atoms with Gasteiger partial charge >= 0.3 is 5.97 Å². The molecule has 21 heavy (non-hydrogen) atoms. The fraction of sp³-hybridized carbons (Fsp3) is 0.500. The molecule has 2 rings (SSSR count). The first-order chi connectivity index (χ1) is 9.88. The zero-order chi connectivity index (χ0) is 15.6. The largest absolute Gasteiger partial charge is 0.494 e. The number of carboxylic acid groups (broad SMARTS) is 1. The molecule has 114 valence electrons. The molecule has 1 saturated heterocycles. The van der Waals surface area contributed by atoms with E-state index in [-0.39, 0.29) is 18.0 Å². The number of nitrogens with one attached hydrogen (secondary N) is 1. The number of carbonyl (C=O) groups excluding carboxylic acids is 1. The second-order valence-corrected chi connectivity index (χ2v) is 5.39. The molecule has 7 nitrogen and oxygen atoms in total. The smallest absolute Gasteiger partial charge is 0.311 e. The molecule has 3 N–H and O–H groups in total. The number of carboxylic acids is 1. The second-order valence-electron chi connectivity index (χ2n) is 5.39. The lowest BCUT2D eigenvalue weighted by atomic mass is 9.77. The van der Waals surface area contributed by atoms with Gasteiger partial charge in [0.05, 0.1) is 11.0 Å². The Morgan fingerprint density at radius 2 is 2.14 bits per heavy atom. The van der Waals surface area contributed by atoms with Crippen molar-refractivity contribution in [1.29, 1.82) is 0 Å². The fourth-order valence-corrected chi connectivity index (χ4v) is 2.75. The number of piperidine rings is 1. The molecule has 1 aromatic rings. The van der Waals surface area contributed by atoms with Crippen molar-refractivity contribution in [3.05, 3.63) is 28.0 Å². The summed E-state index contributed by atoms with van der Waals surface area (Å²) in [6.45, 7) is 2.35. The van der Waals surface area contributed by atoms with Gasteiger partial charge in [0.25, 0.3) is 11.5 Å². The van der Waals surface area contributed by atoms with E-state index in [0.717, 1.165) is 6.07 Å². The Balaban J connectivity index is 2.27. The van der Waals surface area contributed by atoms with Crippen LogP contribution >= 0.6 is 0 Å². The normalized spacial score (nSPS) is 22.0. The number of H-pyrrole nitrogens is 1. The number of aromatic nitrogens is 1. The van der Waals surface area contributed by atoms with Gasteiger partial charge in [-0.25, -0.2) is 0 Å². The number of carbonyl (C=O) groups is 2. The van der Waals surface area contributed by atoms with Gasteiger partial charge in [-0.15, -0.1) is 0 Å². The number of aromatic hydroxyl groups is 1. The number of aromatic amines is 1. The Morgan fingerprint density at radius 3 is 2.71 bits per heavy atom. The van der Waals surface area contributed by atoms with Crippen LogP contribution in [0.1, 0.15) is 36.5 Å². The molecule has 0 saturated carbocycles. The predicted octanol–water partition coefficient (Wildman–Crippen LogP) is 0.797. The van der Waals surface area contributed by atoms with Crippen LogP contribution in [0.3, 0.4) is 0 Å². The molecule has 1 fully saturated rings. The highest BCUT2D eigenvalue weighted by Gasteiger charge is 2.42. The van der Waals surface area contributed by atoms with E-state index in [4.69, 9.17) is 0 Å². The summed E-state index contributed by atoms with van der Waals surface area (Å²) < 4.78 is 0. The summed E-state index contributed by atoms with van der Waals surface area (Å²) in [5.41, 5.74) is -1.44. The number of pyridine rings is 1. The number of rotatable bonds is 3. The number of nitrogens with zero attached hydrogens (tertiary/aromatic N) is 1. The molecule has 1 aliphatic rings.